The van der Waals surface area contributed by atoms with Crippen molar-refractivity contribution in [2.45, 2.75) is 32.7 Å². The van der Waals surface area contributed by atoms with Gasteiger partial charge in [-0.1, -0.05) is 13.8 Å². The number of nitrogens with one attached hydrogen (secondary N) is 2. The maximum atomic E-state index is 11.4. The van der Waals surface area contributed by atoms with E-state index in [1.54, 1.807) is 0 Å². The molecule has 2 N–H and O–H groups in total. The summed E-state index contributed by atoms with van der Waals surface area (Å²) in [6.45, 7) is 5.20. The van der Waals surface area contributed by atoms with Crippen molar-refractivity contribution in [1.82, 2.24) is 10.0 Å². The summed E-state index contributed by atoms with van der Waals surface area (Å²) in [4.78, 5) is 10.8. The van der Waals surface area contributed by atoms with E-state index in [0.717, 1.165) is 13.0 Å². The predicted molar refractivity (Wildman–Crippen MR) is 66.2 cm³/mol. The minimum atomic E-state index is -3.37. The summed E-state index contributed by atoms with van der Waals surface area (Å²) in [5, 5.41) is 3.18. The number of sulfonamides is 1. The van der Waals surface area contributed by atoms with E-state index < -0.39 is 16.0 Å². The Morgan fingerprint density at radius 3 is 2.47 bits per heavy atom. The second-order valence-electron chi connectivity index (χ2n) is 4.00. The summed E-state index contributed by atoms with van der Waals surface area (Å²) < 4.78 is 29.6. The van der Waals surface area contributed by atoms with Crippen molar-refractivity contribution in [1.29, 1.82) is 0 Å². The molecule has 0 bridgehead atoms. The molecule has 17 heavy (non-hydrogen) atoms. The van der Waals surface area contributed by atoms with Gasteiger partial charge in [0.25, 0.3) is 0 Å². The second kappa shape index (κ2) is 8.43. The fourth-order valence-corrected chi connectivity index (χ4v) is 2.13. The molecule has 0 saturated heterocycles. The first-order chi connectivity index (χ1) is 7.87. The monoisotopic (exact) mass is 266 g/mol. The molecule has 7 heteroatoms. The highest BCUT2D eigenvalue weighted by molar-refractivity contribution is 7.89. The average Bonchev–Trinajstić information content (AvgIpc) is 2.25. The zero-order valence-corrected chi connectivity index (χ0v) is 11.5. The quantitative estimate of drug-likeness (QED) is 0.448. The average molecular weight is 266 g/mol. The number of carbonyl (C=O) groups is 1. The molecular formula is C10H22N2O4S. The van der Waals surface area contributed by atoms with Gasteiger partial charge in [0.05, 0.1) is 19.3 Å². The van der Waals surface area contributed by atoms with Crippen LogP contribution in [0, 0.1) is 0 Å². The van der Waals surface area contributed by atoms with E-state index in [-0.39, 0.29) is 12.2 Å². The highest BCUT2D eigenvalue weighted by Crippen LogP contribution is 1.92. The molecule has 0 aromatic rings. The van der Waals surface area contributed by atoms with Crippen molar-refractivity contribution < 1.29 is 17.9 Å². The molecule has 0 radical (unpaired) electrons. The van der Waals surface area contributed by atoms with Crippen LogP contribution >= 0.6 is 0 Å². The molecule has 0 aromatic carbocycles. The lowest BCUT2D eigenvalue weighted by atomic mass is 10.3. The highest BCUT2D eigenvalue weighted by Gasteiger charge is 2.12. The zero-order chi connectivity index (χ0) is 13.3. The summed E-state index contributed by atoms with van der Waals surface area (Å²) in [7, 11) is -2.13. The van der Waals surface area contributed by atoms with Crippen molar-refractivity contribution in [3.05, 3.63) is 0 Å². The maximum absolute atomic E-state index is 11.4. The van der Waals surface area contributed by atoms with Crippen molar-refractivity contribution in [3.63, 3.8) is 0 Å². The lowest BCUT2D eigenvalue weighted by Crippen LogP contribution is -2.31. The number of rotatable bonds is 9. The van der Waals surface area contributed by atoms with Gasteiger partial charge in [0.2, 0.25) is 10.0 Å². The topological polar surface area (TPSA) is 84.5 Å². The van der Waals surface area contributed by atoms with Crippen molar-refractivity contribution in [2.24, 2.45) is 0 Å². The standard InChI is InChI=1S/C10H22N2O4S/c1-9(2)11-6-4-7-12-17(14,15)8-5-10(13)16-3/h9,11-12H,4-8H2,1-3H3. The zero-order valence-electron chi connectivity index (χ0n) is 10.7. The second-order valence-corrected chi connectivity index (χ2v) is 5.93. The molecule has 6 nitrogen and oxygen atoms in total. The lowest BCUT2D eigenvalue weighted by molar-refractivity contribution is -0.140. The van der Waals surface area contributed by atoms with Gasteiger partial charge in [0.1, 0.15) is 0 Å². The Morgan fingerprint density at radius 2 is 1.94 bits per heavy atom. The van der Waals surface area contributed by atoms with Gasteiger partial charge in [0, 0.05) is 12.6 Å². The largest absolute Gasteiger partial charge is 0.469 e. The number of esters is 1. The number of methoxy groups -OCH3 is 1. The van der Waals surface area contributed by atoms with E-state index in [2.05, 4.69) is 14.8 Å². The van der Waals surface area contributed by atoms with Crippen LogP contribution in [0.2, 0.25) is 0 Å². The first kappa shape index (κ1) is 16.3. The van der Waals surface area contributed by atoms with Crippen LogP contribution in [0.25, 0.3) is 0 Å². The molecule has 0 aliphatic carbocycles. The van der Waals surface area contributed by atoms with Crippen LogP contribution in [0.15, 0.2) is 0 Å². The van der Waals surface area contributed by atoms with Gasteiger partial charge in [-0.2, -0.15) is 0 Å². The Bertz CT molecular complexity index is 314. The van der Waals surface area contributed by atoms with E-state index in [0.29, 0.717) is 12.6 Å². The van der Waals surface area contributed by atoms with Crippen LogP contribution in [0.1, 0.15) is 26.7 Å². The molecule has 0 spiro atoms. The van der Waals surface area contributed by atoms with Crippen LogP contribution < -0.4 is 10.0 Å². The van der Waals surface area contributed by atoms with Crippen LogP contribution in [0.3, 0.4) is 0 Å². The molecule has 0 rings (SSSR count). The third kappa shape index (κ3) is 10.2. The fourth-order valence-electron chi connectivity index (χ4n) is 1.10. The molecular weight excluding hydrogens is 244 g/mol. The van der Waals surface area contributed by atoms with Gasteiger partial charge < -0.3 is 10.1 Å². The third-order valence-electron chi connectivity index (χ3n) is 2.03. The summed E-state index contributed by atoms with van der Waals surface area (Å²) in [5.41, 5.74) is 0. The van der Waals surface area contributed by atoms with Crippen molar-refractivity contribution >= 4 is 16.0 Å². The molecule has 0 saturated carbocycles. The Hall–Kier alpha value is -0.660. The Morgan fingerprint density at radius 1 is 1.29 bits per heavy atom. The number of hydrogen-bond acceptors (Lipinski definition) is 5. The summed E-state index contributed by atoms with van der Waals surface area (Å²) >= 11 is 0. The first-order valence-electron chi connectivity index (χ1n) is 5.65. The van der Waals surface area contributed by atoms with E-state index in [1.807, 2.05) is 13.8 Å². The SMILES string of the molecule is COC(=O)CCS(=O)(=O)NCCCNC(C)C. The van der Waals surface area contributed by atoms with Gasteiger partial charge in [-0.05, 0) is 13.0 Å². The molecule has 0 aliphatic heterocycles. The van der Waals surface area contributed by atoms with Crippen LogP contribution in [-0.2, 0) is 19.6 Å². The molecule has 0 amide bonds. The minimum absolute atomic E-state index is 0.115. The molecule has 0 fully saturated rings. The van der Waals surface area contributed by atoms with Crippen LogP contribution in [-0.4, -0.2) is 46.4 Å². The van der Waals surface area contributed by atoms with E-state index in [4.69, 9.17) is 0 Å². The van der Waals surface area contributed by atoms with E-state index in [9.17, 15) is 13.2 Å². The van der Waals surface area contributed by atoms with Gasteiger partial charge in [-0.25, -0.2) is 13.1 Å². The number of carbonyl (C=O) groups excluding carboxylic acids is 1. The summed E-state index contributed by atoms with van der Waals surface area (Å²) in [6, 6.07) is 0.394. The van der Waals surface area contributed by atoms with Gasteiger partial charge in [0.15, 0.2) is 0 Å². The van der Waals surface area contributed by atoms with Crippen LogP contribution in [0.4, 0.5) is 0 Å². The van der Waals surface area contributed by atoms with Crippen molar-refractivity contribution in [2.75, 3.05) is 26.0 Å². The van der Waals surface area contributed by atoms with Crippen LogP contribution in [0.5, 0.6) is 0 Å². The van der Waals surface area contributed by atoms with Gasteiger partial charge in [-0.15, -0.1) is 0 Å². The predicted octanol–water partition coefficient (Wildman–Crippen LogP) is -0.143. The Balaban J connectivity index is 3.68. The van der Waals surface area contributed by atoms with Gasteiger partial charge in [-0.3, -0.25) is 4.79 Å². The lowest BCUT2D eigenvalue weighted by Gasteiger charge is -2.08. The van der Waals surface area contributed by atoms with E-state index in [1.165, 1.54) is 7.11 Å². The highest BCUT2D eigenvalue weighted by atomic mass is 32.2. The normalized spacial score (nSPS) is 11.8. The fraction of sp³-hybridized carbons (Fsp3) is 0.900. The first-order valence-corrected chi connectivity index (χ1v) is 7.30. The van der Waals surface area contributed by atoms with Gasteiger partial charge >= 0.3 is 5.97 Å². The third-order valence-corrected chi connectivity index (χ3v) is 3.42. The Labute approximate surface area is 103 Å². The number of hydrogen-bond donors (Lipinski definition) is 2. The Kier molecular flexibility index (Phi) is 8.11. The molecule has 0 atom stereocenters. The molecule has 0 unspecified atom stereocenters. The number of ether oxygens (including phenoxy) is 1. The molecule has 0 aromatic heterocycles. The molecule has 0 aliphatic rings. The maximum Gasteiger partial charge on any atom is 0.306 e. The molecule has 102 valence electrons. The minimum Gasteiger partial charge on any atom is -0.469 e. The van der Waals surface area contributed by atoms with Crippen molar-refractivity contribution in [3.8, 4) is 0 Å². The summed E-state index contributed by atoms with van der Waals surface area (Å²) in [5.74, 6) is -0.742. The molecule has 0 heterocycles. The van der Waals surface area contributed by atoms with E-state index >= 15 is 0 Å². The summed E-state index contributed by atoms with van der Waals surface area (Å²) in [6.07, 6.45) is 0.603. The smallest absolute Gasteiger partial charge is 0.306 e.